The highest BCUT2D eigenvalue weighted by Crippen LogP contribution is 2.32. The van der Waals surface area contributed by atoms with Crippen LogP contribution in [-0.4, -0.2) is 25.5 Å². The number of hydrogen-bond acceptors (Lipinski definition) is 3. The molecule has 1 heterocycles. The molecule has 30 heavy (non-hydrogen) atoms. The molecule has 0 radical (unpaired) electrons. The van der Waals surface area contributed by atoms with Crippen LogP contribution in [-0.2, 0) is 11.2 Å². The van der Waals surface area contributed by atoms with Gasteiger partial charge in [0.05, 0.1) is 12.8 Å². The molecule has 0 saturated heterocycles. The Kier molecular flexibility index (Phi) is 6.36. The van der Waals surface area contributed by atoms with Crippen LogP contribution < -0.4 is 15.0 Å². The zero-order chi connectivity index (χ0) is 20.9. The first kappa shape index (κ1) is 20.5. The monoisotopic (exact) mass is 406 g/mol. The maximum absolute atomic E-state index is 13.3. The van der Waals surface area contributed by atoms with Crippen molar-refractivity contribution in [3.8, 4) is 5.75 Å². The maximum Gasteiger partial charge on any atom is 0.258 e. The summed E-state index contributed by atoms with van der Waals surface area (Å²) >= 11 is 0. The number of rotatable bonds is 4. The molecule has 1 fully saturated rings. The second kappa shape index (κ2) is 9.33. The molecule has 2 aromatic rings. The SMILES string of the molecule is COc1cc(C(=O)N2CCCCc3ccccc32)ccc1NC(=O)C1CCCCC1. The summed E-state index contributed by atoms with van der Waals surface area (Å²) in [7, 11) is 1.57. The number of carbonyl (C=O) groups is 2. The largest absolute Gasteiger partial charge is 0.495 e. The minimum Gasteiger partial charge on any atom is -0.495 e. The molecule has 1 saturated carbocycles. The molecule has 0 aromatic heterocycles. The fourth-order valence-electron chi connectivity index (χ4n) is 4.59. The van der Waals surface area contributed by atoms with Crippen LogP contribution in [0, 0.1) is 5.92 Å². The average Bonchev–Trinajstić information content (AvgIpc) is 3.02. The van der Waals surface area contributed by atoms with Crippen LogP contribution in [0.15, 0.2) is 42.5 Å². The van der Waals surface area contributed by atoms with Crippen molar-refractivity contribution >= 4 is 23.2 Å². The highest BCUT2D eigenvalue weighted by molar-refractivity contribution is 6.07. The van der Waals surface area contributed by atoms with Gasteiger partial charge in [0.2, 0.25) is 5.91 Å². The zero-order valence-electron chi connectivity index (χ0n) is 17.7. The molecule has 1 N–H and O–H groups in total. The van der Waals surface area contributed by atoms with E-state index in [9.17, 15) is 9.59 Å². The van der Waals surface area contributed by atoms with Gasteiger partial charge in [-0.1, -0.05) is 37.5 Å². The molecule has 1 aliphatic carbocycles. The smallest absolute Gasteiger partial charge is 0.258 e. The van der Waals surface area contributed by atoms with Crippen LogP contribution in [0.5, 0.6) is 5.75 Å². The van der Waals surface area contributed by atoms with Crippen LogP contribution in [0.4, 0.5) is 11.4 Å². The van der Waals surface area contributed by atoms with Crippen molar-refractivity contribution in [1.29, 1.82) is 0 Å². The summed E-state index contributed by atoms with van der Waals surface area (Å²) < 4.78 is 5.52. The lowest BCUT2D eigenvalue weighted by molar-refractivity contribution is -0.120. The van der Waals surface area contributed by atoms with Crippen molar-refractivity contribution < 1.29 is 14.3 Å². The summed E-state index contributed by atoms with van der Waals surface area (Å²) in [4.78, 5) is 27.9. The van der Waals surface area contributed by atoms with E-state index in [0.717, 1.165) is 50.6 Å². The summed E-state index contributed by atoms with van der Waals surface area (Å²) in [6.45, 7) is 0.707. The summed E-state index contributed by atoms with van der Waals surface area (Å²) in [5.74, 6) is 0.604. The van der Waals surface area contributed by atoms with E-state index in [1.807, 2.05) is 23.1 Å². The van der Waals surface area contributed by atoms with Gasteiger partial charge in [-0.05, 0) is 61.9 Å². The van der Waals surface area contributed by atoms with Gasteiger partial charge in [0.25, 0.3) is 5.91 Å². The van der Waals surface area contributed by atoms with Crippen LogP contribution in [0.25, 0.3) is 0 Å². The maximum atomic E-state index is 13.3. The zero-order valence-corrected chi connectivity index (χ0v) is 17.7. The van der Waals surface area contributed by atoms with Crippen LogP contribution in [0.1, 0.15) is 60.9 Å². The molecule has 1 aliphatic heterocycles. The molecule has 0 bridgehead atoms. The highest BCUT2D eigenvalue weighted by atomic mass is 16.5. The lowest BCUT2D eigenvalue weighted by Crippen LogP contribution is -2.31. The van der Waals surface area contributed by atoms with Gasteiger partial charge in [0, 0.05) is 23.7 Å². The van der Waals surface area contributed by atoms with E-state index >= 15 is 0 Å². The van der Waals surface area contributed by atoms with Gasteiger partial charge in [0.1, 0.15) is 5.75 Å². The van der Waals surface area contributed by atoms with E-state index in [2.05, 4.69) is 11.4 Å². The Bertz CT molecular complexity index is 918. The fraction of sp³-hybridized carbons (Fsp3) is 0.440. The van der Waals surface area contributed by atoms with E-state index in [1.54, 1.807) is 25.3 Å². The Morgan fingerprint density at radius 2 is 1.80 bits per heavy atom. The molecule has 0 spiro atoms. The molecule has 158 valence electrons. The number of nitrogens with one attached hydrogen (secondary N) is 1. The molecule has 4 rings (SSSR count). The van der Waals surface area contributed by atoms with Crippen LogP contribution in [0.2, 0.25) is 0 Å². The second-order valence-electron chi connectivity index (χ2n) is 8.28. The Labute approximate surface area is 178 Å². The van der Waals surface area contributed by atoms with Crippen molar-refractivity contribution in [2.45, 2.75) is 51.4 Å². The first-order valence-corrected chi connectivity index (χ1v) is 11.1. The lowest BCUT2D eigenvalue weighted by atomic mass is 9.88. The molecular weight excluding hydrogens is 376 g/mol. The van der Waals surface area contributed by atoms with Gasteiger partial charge in [-0.15, -0.1) is 0 Å². The summed E-state index contributed by atoms with van der Waals surface area (Å²) in [6.07, 6.45) is 8.38. The van der Waals surface area contributed by atoms with Crippen molar-refractivity contribution in [3.63, 3.8) is 0 Å². The molecule has 5 heteroatoms. The third kappa shape index (κ3) is 4.35. The number of carbonyl (C=O) groups excluding carboxylic acids is 2. The minimum atomic E-state index is -0.0344. The topological polar surface area (TPSA) is 58.6 Å². The average molecular weight is 407 g/mol. The third-order valence-corrected chi connectivity index (χ3v) is 6.29. The molecule has 2 aromatic carbocycles. The Morgan fingerprint density at radius 1 is 1.00 bits per heavy atom. The predicted molar refractivity (Wildman–Crippen MR) is 119 cm³/mol. The molecule has 5 nitrogen and oxygen atoms in total. The van der Waals surface area contributed by atoms with Gasteiger partial charge in [-0.2, -0.15) is 0 Å². The van der Waals surface area contributed by atoms with Gasteiger partial charge in [-0.25, -0.2) is 0 Å². The number of para-hydroxylation sites is 1. The third-order valence-electron chi connectivity index (χ3n) is 6.29. The second-order valence-corrected chi connectivity index (χ2v) is 8.28. The Balaban J connectivity index is 1.55. The van der Waals surface area contributed by atoms with Crippen LogP contribution >= 0.6 is 0 Å². The van der Waals surface area contributed by atoms with Crippen molar-refractivity contribution in [3.05, 3.63) is 53.6 Å². The quantitative estimate of drug-likeness (QED) is 0.759. The lowest BCUT2D eigenvalue weighted by Gasteiger charge is -2.24. The van der Waals surface area contributed by atoms with Crippen LogP contribution in [0.3, 0.4) is 0 Å². The molecule has 2 aliphatic rings. The van der Waals surface area contributed by atoms with Gasteiger partial charge in [-0.3, -0.25) is 9.59 Å². The molecule has 0 unspecified atom stereocenters. The van der Waals surface area contributed by atoms with E-state index in [1.165, 1.54) is 12.0 Å². The van der Waals surface area contributed by atoms with E-state index in [4.69, 9.17) is 4.74 Å². The van der Waals surface area contributed by atoms with E-state index < -0.39 is 0 Å². The van der Waals surface area contributed by atoms with Crippen molar-refractivity contribution in [2.75, 3.05) is 23.9 Å². The number of aryl methyl sites for hydroxylation is 1. The normalized spacial score (nSPS) is 17.0. The standard InChI is InChI=1S/C25H30N2O3/c1-30-23-17-20(14-15-21(23)26-24(28)19-11-3-2-4-12-19)25(29)27-16-8-7-10-18-9-5-6-13-22(18)27/h5-6,9,13-15,17,19H,2-4,7-8,10-12,16H2,1H3,(H,26,28). The number of amides is 2. The minimum absolute atomic E-state index is 0.0344. The summed E-state index contributed by atoms with van der Waals surface area (Å²) in [6, 6.07) is 13.5. The van der Waals surface area contributed by atoms with Crippen molar-refractivity contribution in [2.24, 2.45) is 5.92 Å². The first-order chi connectivity index (χ1) is 14.7. The number of ether oxygens (including phenoxy) is 1. The number of methoxy groups -OCH3 is 1. The van der Waals surface area contributed by atoms with E-state index in [0.29, 0.717) is 23.5 Å². The number of fused-ring (bicyclic) bond motifs is 1. The molecule has 2 amide bonds. The van der Waals surface area contributed by atoms with Gasteiger partial charge >= 0.3 is 0 Å². The molecular formula is C25H30N2O3. The fourth-order valence-corrected chi connectivity index (χ4v) is 4.59. The summed E-state index contributed by atoms with van der Waals surface area (Å²) in [5.41, 5.74) is 3.40. The predicted octanol–water partition coefficient (Wildman–Crippen LogP) is 5.20. The number of nitrogens with zero attached hydrogens (tertiary/aromatic N) is 1. The van der Waals surface area contributed by atoms with Crippen molar-refractivity contribution in [1.82, 2.24) is 0 Å². The van der Waals surface area contributed by atoms with E-state index in [-0.39, 0.29) is 17.7 Å². The highest BCUT2D eigenvalue weighted by Gasteiger charge is 2.25. The Hall–Kier alpha value is -2.82. The first-order valence-electron chi connectivity index (χ1n) is 11.1. The molecule has 0 atom stereocenters. The number of anilines is 2. The van der Waals surface area contributed by atoms with Gasteiger partial charge < -0.3 is 15.0 Å². The van der Waals surface area contributed by atoms with Gasteiger partial charge in [0.15, 0.2) is 0 Å². The number of hydrogen-bond donors (Lipinski definition) is 1. The number of benzene rings is 2. The summed E-state index contributed by atoms with van der Waals surface area (Å²) in [5, 5.41) is 3.01. The Morgan fingerprint density at radius 3 is 2.60 bits per heavy atom.